The van der Waals surface area contributed by atoms with Gasteiger partial charge in [-0.05, 0) is 6.42 Å². The van der Waals surface area contributed by atoms with Crippen LogP contribution in [-0.4, -0.2) is 35.3 Å². The van der Waals surface area contributed by atoms with Crippen molar-refractivity contribution in [3.63, 3.8) is 0 Å². The lowest BCUT2D eigenvalue weighted by molar-refractivity contribution is 0.253. The molecule has 1 heterocycles. The minimum atomic E-state index is -4.08. The smallest absolute Gasteiger partial charge is 0.330 e. The number of aliphatic hydroxyl groups is 1. The molecule has 0 aliphatic heterocycles. The average Bonchev–Trinajstić information content (AvgIpc) is 2.37. The molecule has 0 saturated heterocycles. The van der Waals surface area contributed by atoms with Gasteiger partial charge < -0.3 is 9.67 Å². The number of aryl methyl sites for hydroxylation is 1. The number of nitrogens with zero attached hydrogens (tertiary/aromatic N) is 2. The van der Waals surface area contributed by atoms with Crippen LogP contribution in [0.25, 0.3) is 0 Å². The molecule has 0 fully saturated rings. The van der Waals surface area contributed by atoms with Gasteiger partial charge >= 0.3 is 5.69 Å². The van der Waals surface area contributed by atoms with Crippen LogP contribution in [0.3, 0.4) is 0 Å². The number of nitrogens with one attached hydrogen (secondary N) is 1. The topological polar surface area (TPSA) is 110 Å². The van der Waals surface area contributed by atoms with Gasteiger partial charge in [0.2, 0.25) is 10.0 Å². The predicted molar refractivity (Wildman–Crippen MR) is 68.4 cm³/mol. The first kappa shape index (κ1) is 15.6. The van der Waals surface area contributed by atoms with Crippen LogP contribution in [0, 0.1) is 0 Å². The van der Waals surface area contributed by atoms with Gasteiger partial charge in [-0.15, -0.1) is 0 Å². The SMILES string of the molecule is CCC(CO)NS(=O)(=O)c1cn(C)c(=O)n(C)c1=O. The summed E-state index contributed by atoms with van der Waals surface area (Å²) >= 11 is 0. The van der Waals surface area contributed by atoms with Crippen molar-refractivity contribution in [1.82, 2.24) is 13.9 Å². The summed E-state index contributed by atoms with van der Waals surface area (Å²) in [6.07, 6.45) is 1.35. The third-order valence-electron chi connectivity index (χ3n) is 2.74. The Morgan fingerprint density at radius 1 is 1.37 bits per heavy atom. The van der Waals surface area contributed by atoms with Gasteiger partial charge in [-0.3, -0.25) is 9.36 Å². The molecule has 9 heteroatoms. The summed E-state index contributed by atoms with van der Waals surface area (Å²) in [7, 11) is -1.53. The van der Waals surface area contributed by atoms with Crippen LogP contribution in [0.15, 0.2) is 20.7 Å². The van der Waals surface area contributed by atoms with E-state index < -0.39 is 32.2 Å². The Labute approximate surface area is 110 Å². The fourth-order valence-electron chi connectivity index (χ4n) is 1.49. The third-order valence-corrected chi connectivity index (χ3v) is 4.24. The third kappa shape index (κ3) is 3.11. The van der Waals surface area contributed by atoms with E-state index >= 15 is 0 Å². The van der Waals surface area contributed by atoms with Crippen molar-refractivity contribution in [3.05, 3.63) is 27.0 Å². The average molecular weight is 291 g/mol. The molecule has 1 unspecified atom stereocenters. The first-order chi connectivity index (χ1) is 8.74. The minimum absolute atomic E-state index is 0.373. The van der Waals surface area contributed by atoms with E-state index in [1.165, 1.54) is 14.1 Å². The molecule has 19 heavy (non-hydrogen) atoms. The molecule has 8 nitrogen and oxygen atoms in total. The van der Waals surface area contributed by atoms with E-state index in [0.717, 1.165) is 10.8 Å². The molecule has 1 aromatic rings. The van der Waals surface area contributed by atoms with Crippen LogP contribution >= 0.6 is 0 Å². The molecule has 1 aromatic heterocycles. The quantitative estimate of drug-likeness (QED) is 0.660. The number of hydrogen-bond donors (Lipinski definition) is 2. The monoisotopic (exact) mass is 291 g/mol. The van der Waals surface area contributed by atoms with Crippen molar-refractivity contribution in [2.45, 2.75) is 24.3 Å². The van der Waals surface area contributed by atoms with Gasteiger partial charge in [-0.25, -0.2) is 17.9 Å². The van der Waals surface area contributed by atoms with E-state index in [4.69, 9.17) is 5.11 Å². The number of aliphatic hydroxyl groups excluding tert-OH is 1. The van der Waals surface area contributed by atoms with Crippen molar-refractivity contribution >= 4 is 10.0 Å². The summed E-state index contributed by atoms with van der Waals surface area (Å²) in [6, 6.07) is -0.674. The minimum Gasteiger partial charge on any atom is -0.395 e. The van der Waals surface area contributed by atoms with Gasteiger partial charge in [0.25, 0.3) is 5.56 Å². The zero-order valence-corrected chi connectivity index (χ0v) is 11.8. The van der Waals surface area contributed by atoms with E-state index in [2.05, 4.69) is 4.72 Å². The van der Waals surface area contributed by atoms with Crippen LogP contribution in [-0.2, 0) is 24.1 Å². The van der Waals surface area contributed by atoms with Crippen molar-refractivity contribution in [2.75, 3.05) is 6.61 Å². The molecule has 0 aromatic carbocycles. The zero-order chi connectivity index (χ0) is 14.8. The molecule has 0 aliphatic rings. The molecule has 0 saturated carbocycles. The molecule has 2 N–H and O–H groups in total. The number of sulfonamides is 1. The molecule has 1 atom stereocenters. The molecule has 0 amide bonds. The molecule has 0 radical (unpaired) electrons. The number of rotatable bonds is 5. The summed E-state index contributed by atoms with van der Waals surface area (Å²) in [6.45, 7) is 1.32. The first-order valence-corrected chi connectivity index (χ1v) is 7.12. The molecular weight excluding hydrogens is 274 g/mol. The fraction of sp³-hybridized carbons (Fsp3) is 0.600. The summed E-state index contributed by atoms with van der Waals surface area (Å²) in [5.41, 5.74) is -1.51. The second kappa shape index (κ2) is 5.68. The van der Waals surface area contributed by atoms with E-state index in [0.29, 0.717) is 11.0 Å². The maximum atomic E-state index is 12.0. The number of aromatic nitrogens is 2. The van der Waals surface area contributed by atoms with Crippen molar-refractivity contribution < 1.29 is 13.5 Å². The summed E-state index contributed by atoms with van der Waals surface area (Å²) in [5.74, 6) is 0. The van der Waals surface area contributed by atoms with Crippen molar-refractivity contribution in [3.8, 4) is 0 Å². The maximum absolute atomic E-state index is 12.0. The highest BCUT2D eigenvalue weighted by Gasteiger charge is 2.23. The second-order valence-corrected chi connectivity index (χ2v) is 5.84. The van der Waals surface area contributed by atoms with Gasteiger partial charge in [0, 0.05) is 26.3 Å². The van der Waals surface area contributed by atoms with Crippen molar-refractivity contribution in [1.29, 1.82) is 0 Å². The molecule has 0 bridgehead atoms. The van der Waals surface area contributed by atoms with Gasteiger partial charge in [-0.1, -0.05) is 6.92 Å². The summed E-state index contributed by atoms with van der Waals surface area (Å²) in [4.78, 5) is 22.8. The van der Waals surface area contributed by atoms with Crippen LogP contribution < -0.4 is 16.0 Å². The lowest BCUT2D eigenvalue weighted by Gasteiger charge is -2.14. The summed E-state index contributed by atoms with van der Waals surface area (Å²) in [5, 5.41) is 8.99. The molecule has 0 aliphatic carbocycles. The molecular formula is C10H17N3O5S. The second-order valence-electron chi connectivity index (χ2n) is 4.16. The van der Waals surface area contributed by atoms with Crippen LogP contribution in [0.4, 0.5) is 0 Å². The number of hydrogen-bond acceptors (Lipinski definition) is 5. The van der Waals surface area contributed by atoms with Gasteiger partial charge in [0.05, 0.1) is 6.61 Å². The van der Waals surface area contributed by atoms with Gasteiger partial charge in [0.15, 0.2) is 4.90 Å². The van der Waals surface area contributed by atoms with Crippen LogP contribution in [0.1, 0.15) is 13.3 Å². The summed E-state index contributed by atoms with van der Waals surface area (Å²) < 4.78 is 28.0. The normalized spacial score (nSPS) is 13.5. The highest BCUT2D eigenvalue weighted by Crippen LogP contribution is 2.03. The van der Waals surface area contributed by atoms with Crippen LogP contribution in [0.5, 0.6) is 0 Å². The molecule has 108 valence electrons. The first-order valence-electron chi connectivity index (χ1n) is 5.64. The highest BCUT2D eigenvalue weighted by atomic mass is 32.2. The largest absolute Gasteiger partial charge is 0.395 e. The van der Waals surface area contributed by atoms with Gasteiger partial charge in [-0.2, -0.15) is 0 Å². The lowest BCUT2D eigenvalue weighted by atomic mass is 10.3. The lowest BCUT2D eigenvalue weighted by Crippen LogP contribution is -2.44. The van der Waals surface area contributed by atoms with E-state index in [1.54, 1.807) is 6.92 Å². The Hall–Kier alpha value is -1.45. The Kier molecular flexibility index (Phi) is 4.66. The van der Waals surface area contributed by atoms with E-state index in [-0.39, 0.29) is 6.61 Å². The van der Waals surface area contributed by atoms with Crippen molar-refractivity contribution in [2.24, 2.45) is 14.1 Å². The fourth-order valence-corrected chi connectivity index (χ4v) is 2.96. The van der Waals surface area contributed by atoms with E-state index in [9.17, 15) is 18.0 Å². The molecule has 1 rings (SSSR count). The van der Waals surface area contributed by atoms with E-state index in [1.807, 2.05) is 0 Å². The van der Waals surface area contributed by atoms with Gasteiger partial charge in [0.1, 0.15) is 0 Å². The molecule has 0 spiro atoms. The highest BCUT2D eigenvalue weighted by molar-refractivity contribution is 7.89. The predicted octanol–water partition coefficient (Wildman–Crippen LogP) is -1.87. The Morgan fingerprint density at radius 2 is 1.95 bits per heavy atom. The Morgan fingerprint density at radius 3 is 2.42 bits per heavy atom. The Balaban J connectivity index is 3.39. The maximum Gasteiger partial charge on any atom is 0.330 e. The Bertz CT molecular complexity index is 669. The zero-order valence-electron chi connectivity index (χ0n) is 11.0. The van der Waals surface area contributed by atoms with Crippen LogP contribution in [0.2, 0.25) is 0 Å². The standard InChI is InChI=1S/C10H17N3O5S/c1-4-7(6-14)11-19(17,18)8-5-12(2)10(16)13(3)9(8)15/h5,7,11,14H,4,6H2,1-3H3.